The van der Waals surface area contributed by atoms with Crippen LogP contribution in [0.15, 0.2) is 24.3 Å². The monoisotopic (exact) mass is 338 g/mol. The van der Waals surface area contributed by atoms with Gasteiger partial charge in [0.1, 0.15) is 17.4 Å². The Morgan fingerprint density at radius 1 is 1.04 bits per heavy atom. The molecule has 3 unspecified atom stereocenters. The molecule has 0 N–H and O–H groups in total. The lowest BCUT2D eigenvalue weighted by atomic mass is 9.80. The number of ether oxygens (including phenoxy) is 2. The van der Waals surface area contributed by atoms with Crippen LogP contribution in [0.1, 0.15) is 43.5 Å². The molecule has 0 heterocycles. The first kappa shape index (κ1) is 18.1. The van der Waals surface area contributed by atoms with Gasteiger partial charge in [-0.2, -0.15) is 0 Å². The highest BCUT2D eigenvalue weighted by atomic mass is 17.5. The molecule has 1 aliphatic carbocycles. The van der Waals surface area contributed by atoms with E-state index < -0.39 is 12.1 Å². The quantitative estimate of drug-likeness (QED) is 0.460. The van der Waals surface area contributed by atoms with Crippen molar-refractivity contribution in [3.63, 3.8) is 0 Å². The summed E-state index contributed by atoms with van der Waals surface area (Å²) in [5.41, 5.74) is 0.145. The minimum Gasteiger partial charge on any atom is -0.496 e. The third-order valence-corrected chi connectivity index (χ3v) is 4.35. The van der Waals surface area contributed by atoms with Gasteiger partial charge in [0.15, 0.2) is 0 Å². The lowest BCUT2D eigenvalue weighted by Crippen LogP contribution is -2.29. The van der Waals surface area contributed by atoms with Crippen molar-refractivity contribution in [2.45, 2.75) is 39.2 Å². The van der Waals surface area contributed by atoms with Gasteiger partial charge < -0.3 is 9.47 Å². The molecule has 0 radical (unpaired) electrons. The lowest BCUT2D eigenvalue weighted by Gasteiger charge is -2.30. The van der Waals surface area contributed by atoms with Gasteiger partial charge in [0, 0.05) is 0 Å². The van der Waals surface area contributed by atoms with Crippen molar-refractivity contribution in [1.29, 1.82) is 0 Å². The Balaban J connectivity index is 1.73. The molecule has 1 aromatic rings. The molecule has 0 aromatic heterocycles. The largest absolute Gasteiger partial charge is 0.543 e. The molecule has 1 saturated carbocycles. The molecule has 0 spiro atoms. The van der Waals surface area contributed by atoms with Crippen LogP contribution in [0.2, 0.25) is 0 Å². The van der Waals surface area contributed by atoms with Gasteiger partial charge in [-0.05, 0) is 43.2 Å². The van der Waals surface area contributed by atoms with Crippen molar-refractivity contribution in [3.8, 4) is 5.75 Å². The van der Waals surface area contributed by atoms with Crippen LogP contribution >= 0.6 is 0 Å². The fourth-order valence-corrected chi connectivity index (χ4v) is 2.69. The topological polar surface area (TPSA) is 80.3 Å². The van der Waals surface area contributed by atoms with Gasteiger partial charge in [0.25, 0.3) is 0 Å². The third kappa shape index (κ3) is 4.86. The third-order valence-electron chi connectivity index (χ3n) is 4.35. The molecule has 132 valence electrons. The SMILES string of the molecule is COc1ccccc1C(=O)OOOC(=O)OC1CCC(C)C(C)C1. The van der Waals surface area contributed by atoms with Crippen molar-refractivity contribution >= 4 is 12.1 Å². The Kier molecular flexibility index (Phi) is 6.43. The van der Waals surface area contributed by atoms with E-state index in [-0.39, 0.29) is 11.7 Å². The summed E-state index contributed by atoms with van der Waals surface area (Å²) in [4.78, 5) is 32.1. The van der Waals surface area contributed by atoms with Crippen LogP contribution in [0.25, 0.3) is 0 Å². The molecule has 0 bridgehead atoms. The zero-order chi connectivity index (χ0) is 17.5. The zero-order valence-electron chi connectivity index (χ0n) is 14.0. The van der Waals surface area contributed by atoms with Crippen molar-refractivity contribution < 1.29 is 33.9 Å². The smallest absolute Gasteiger partial charge is 0.496 e. The molecule has 24 heavy (non-hydrogen) atoms. The van der Waals surface area contributed by atoms with E-state index in [4.69, 9.17) is 9.47 Å². The van der Waals surface area contributed by atoms with E-state index in [1.54, 1.807) is 18.2 Å². The summed E-state index contributed by atoms with van der Waals surface area (Å²) < 4.78 is 10.2. The van der Waals surface area contributed by atoms with E-state index in [2.05, 4.69) is 28.7 Å². The summed E-state index contributed by atoms with van der Waals surface area (Å²) in [7, 11) is 1.42. The van der Waals surface area contributed by atoms with E-state index in [0.29, 0.717) is 17.6 Å². The van der Waals surface area contributed by atoms with E-state index in [9.17, 15) is 9.59 Å². The van der Waals surface area contributed by atoms with Gasteiger partial charge in [0.2, 0.25) is 0 Å². The molecule has 1 aliphatic rings. The average Bonchev–Trinajstić information content (AvgIpc) is 2.58. The predicted octanol–water partition coefficient (Wildman–Crippen LogP) is 3.68. The van der Waals surface area contributed by atoms with Crippen molar-refractivity contribution in [3.05, 3.63) is 29.8 Å². The minimum absolute atomic E-state index is 0.145. The van der Waals surface area contributed by atoms with E-state index in [1.807, 2.05) is 0 Å². The maximum absolute atomic E-state index is 11.8. The van der Waals surface area contributed by atoms with Gasteiger partial charge in [0.05, 0.1) is 12.1 Å². The summed E-state index contributed by atoms with van der Waals surface area (Å²) in [6.07, 6.45) is 1.30. The number of hydrogen-bond acceptors (Lipinski definition) is 7. The second-order valence-electron chi connectivity index (χ2n) is 5.98. The van der Waals surface area contributed by atoms with Gasteiger partial charge in [-0.25, -0.2) is 14.5 Å². The Labute approximate surface area is 140 Å². The molecule has 2 rings (SSSR count). The number of carbonyl (C=O) groups excluding carboxylic acids is 2. The van der Waals surface area contributed by atoms with Gasteiger partial charge in [-0.15, -0.1) is 0 Å². The highest BCUT2D eigenvalue weighted by Crippen LogP contribution is 2.31. The van der Waals surface area contributed by atoms with Crippen LogP contribution in [-0.2, 0) is 19.6 Å². The van der Waals surface area contributed by atoms with Crippen molar-refractivity contribution in [2.24, 2.45) is 11.8 Å². The standard InChI is InChI=1S/C17H22O7/c1-11-8-9-13(10-12(11)2)21-17(19)23-24-22-16(18)14-6-4-5-7-15(14)20-3/h4-7,11-13H,8-10H2,1-3H3. The number of carbonyl (C=O) groups is 2. The van der Waals surface area contributed by atoms with E-state index in [0.717, 1.165) is 19.3 Å². The number of rotatable bonds is 5. The number of hydrogen-bond donors (Lipinski definition) is 0. The second-order valence-corrected chi connectivity index (χ2v) is 5.98. The summed E-state index contributed by atoms with van der Waals surface area (Å²) in [6, 6.07) is 6.43. The lowest BCUT2D eigenvalue weighted by molar-refractivity contribution is -0.453. The normalized spacial score (nSPS) is 23.2. The highest BCUT2D eigenvalue weighted by Gasteiger charge is 2.28. The van der Waals surface area contributed by atoms with Gasteiger partial charge in [-0.3, -0.25) is 4.89 Å². The molecule has 3 atom stereocenters. The van der Waals surface area contributed by atoms with Crippen LogP contribution in [0.5, 0.6) is 5.75 Å². The predicted molar refractivity (Wildman–Crippen MR) is 83.0 cm³/mol. The van der Waals surface area contributed by atoms with Crippen molar-refractivity contribution in [1.82, 2.24) is 0 Å². The number of methoxy groups -OCH3 is 1. The Bertz CT molecular complexity index is 572. The van der Waals surface area contributed by atoms with Gasteiger partial charge >= 0.3 is 12.1 Å². The minimum atomic E-state index is -1.03. The zero-order valence-corrected chi connectivity index (χ0v) is 14.0. The first-order valence-corrected chi connectivity index (χ1v) is 7.90. The van der Waals surface area contributed by atoms with Crippen LogP contribution in [0.3, 0.4) is 0 Å². The van der Waals surface area contributed by atoms with Crippen LogP contribution in [-0.4, -0.2) is 25.3 Å². The van der Waals surface area contributed by atoms with Crippen LogP contribution in [0, 0.1) is 11.8 Å². The van der Waals surface area contributed by atoms with Crippen LogP contribution < -0.4 is 4.74 Å². The fourth-order valence-electron chi connectivity index (χ4n) is 2.69. The molecule has 0 amide bonds. The molecular formula is C17H22O7. The fraction of sp³-hybridized carbons (Fsp3) is 0.529. The molecule has 0 aliphatic heterocycles. The van der Waals surface area contributed by atoms with Crippen molar-refractivity contribution in [2.75, 3.05) is 7.11 Å². The summed E-state index contributed by atoms with van der Waals surface area (Å²) in [5, 5.41) is 4.22. The summed E-state index contributed by atoms with van der Waals surface area (Å²) in [5.74, 6) is 0.555. The molecule has 1 fully saturated rings. The molecule has 7 heteroatoms. The number of para-hydroxylation sites is 1. The Morgan fingerprint density at radius 3 is 2.50 bits per heavy atom. The number of benzene rings is 1. The average molecular weight is 338 g/mol. The van der Waals surface area contributed by atoms with E-state index >= 15 is 0 Å². The Hall–Kier alpha value is -2.28. The maximum atomic E-state index is 11.8. The second kappa shape index (κ2) is 8.54. The summed E-state index contributed by atoms with van der Waals surface area (Å²) >= 11 is 0. The van der Waals surface area contributed by atoms with Gasteiger partial charge in [-0.1, -0.05) is 26.0 Å². The Morgan fingerprint density at radius 2 is 1.79 bits per heavy atom. The maximum Gasteiger partial charge on any atom is 0.543 e. The molecular weight excluding hydrogens is 316 g/mol. The first-order valence-electron chi connectivity index (χ1n) is 7.90. The van der Waals surface area contributed by atoms with E-state index in [1.165, 1.54) is 13.2 Å². The van der Waals surface area contributed by atoms with Crippen LogP contribution in [0.4, 0.5) is 4.79 Å². The first-order chi connectivity index (χ1) is 11.5. The highest BCUT2D eigenvalue weighted by molar-refractivity contribution is 5.92. The summed E-state index contributed by atoms with van der Waals surface area (Å²) in [6.45, 7) is 4.30. The molecule has 0 saturated heterocycles. The molecule has 7 nitrogen and oxygen atoms in total. The molecule has 1 aromatic carbocycles.